The average molecular weight is 431 g/mol. The number of hydrogen-bond acceptors (Lipinski definition) is 4. The van der Waals surface area contributed by atoms with Crippen molar-refractivity contribution < 1.29 is 14.5 Å². The van der Waals surface area contributed by atoms with Gasteiger partial charge in [-0.2, -0.15) is 0 Å². The molecule has 0 heterocycles. The second-order valence-electron chi connectivity index (χ2n) is 6.02. The Labute approximate surface area is 150 Å². The molecule has 1 unspecified atom stereocenters. The van der Waals surface area contributed by atoms with E-state index in [-0.39, 0.29) is 11.7 Å². The Balaban J connectivity index is 1.72. The molecule has 1 aromatic carbocycles. The van der Waals surface area contributed by atoms with E-state index >= 15 is 0 Å². The van der Waals surface area contributed by atoms with Gasteiger partial charge in [0.2, 0.25) is 0 Å². The van der Waals surface area contributed by atoms with Gasteiger partial charge in [-0.1, -0.05) is 66.8 Å². The van der Waals surface area contributed by atoms with E-state index < -0.39 is 8.85 Å². The molecule has 0 N–H and O–H groups in total. The van der Waals surface area contributed by atoms with Crippen LogP contribution in [-0.4, -0.2) is 17.5 Å². The summed E-state index contributed by atoms with van der Waals surface area (Å²) in [5.74, 6) is 0.524. The van der Waals surface area contributed by atoms with Gasteiger partial charge in [0.05, 0.1) is 11.5 Å². The first-order valence-corrected chi connectivity index (χ1v) is 9.37. The third kappa shape index (κ3) is 5.75. The summed E-state index contributed by atoms with van der Waals surface area (Å²) in [5.41, 5.74) is 0.756. The molecule has 0 aromatic heterocycles. The number of nitrogens with zero attached hydrogens (tertiary/aromatic N) is 1. The lowest BCUT2D eigenvalue weighted by molar-refractivity contribution is -0.384. The molecule has 1 fully saturated rings. The summed E-state index contributed by atoms with van der Waals surface area (Å²) in [5, 5.41) is 10.6. The van der Waals surface area contributed by atoms with E-state index in [4.69, 9.17) is 4.74 Å². The predicted octanol–water partition coefficient (Wildman–Crippen LogP) is 4.97. The fraction of sp³-hybridized carbons (Fsp3) is 0.588. The first kappa shape index (κ1) is 18.2. The first-order chi connectivity index (χ1) is 11.1. The minimum atomic E-state index is -0.449. The van der Waals surface area contributed by atoms with Gasteiger partial charge < -0.3 is 4.74 Å². The molecule has 0 aliphatic heterocycles. The number of alkyl halides is 1. The number of hydrogen-bond donors (Lipinski definition) is 0. The lowest BCUT2D eigenvalue weighted by Crippen LogP contribution is -2.13. The third-order valence-electron chi connectivity index (χ3n) is 4.33. The van der Waals surface area contributed by atoms with Gasteiger partial charge >= 0.3 is 5.97 Å². The largest absolute Gasteiger partial charge is 0.465 e. The summed E-state index contributed by atoms with van der Waals surface area (Å²) < 4.78 is 4.92. The maximum absolute atomic E-state index is 12.0. The molecule has 0 radical (unpaired) electrons. The number of carbonyl (C=O) groups excluding carboxylic acids is 1. The van der Waals surface area contributed by atoms with E-state index in [1.807, 2.05) is 22.6 Å². The van der Waals surface area contributed by atoms with E-state index in [1.165, 1.54) is 44.2 Å². The molecule has 1 atom stereocenters. The Hall–Kier alpha value is -1.18. The van der Waals surface area contributed by atoms with Gasteiger partial charge in [-0.25, -0.2) is 0 Å². The highest BCUT2D eigenvalue weighted by molar-refractivity contribution is 14.1. The van der Waals surface area contributed by atoms with E-state index in [1.54, 1.807) is 12.1 Å². The van der Waals surface area contributed by atoms with Crippen LogP contribution >= 0.6 is 22.6 Å². The molecule has 0 saturated heterocycles. The quantitative estimate of drug-likeness (QED) is 0.153. The Morgan fingerprint density at radius 1 is 1.26 bits per heavy atom. The molecular weight excluding hydrogens is 409 g/mol. The molecule has 1 aliphatic rings. The normalized spacial score (nSPS) is 16.7. The van der Waals surface area contributed by atoms with Crippen molar-refractivity contribution in [2.24, 2.45) is 5.92 Å². The fourth-order valence-electron chi connectivity index (χ4n) is 2.99. The van der Waals surface area contributed by atoms with E-state index in [0.29, 0.717) is 6.61 Å². The highest BCUT2D eigenvalue weighted by Crippen LogP contribution is 2.28. The van der Waals surface area contributed by atoms with Gasteiger partial charge in [0.1, 0.15) is 3.92 Å². The minimum Gasteiger partial charge on any atom is -0.465 e. The van der Waals surface area contributed by atoms with Crippen LogP contribution in [0.15, 0.2) is 24.3 Å². The third-order valence-corrected chi connectivity index (χ3v) is 5.56. The average Bonchev–Trinajstić information content (AvgIpc) is 2.59. The number of benzene rings is 1. The monoisotopic (exact) mass is 431 g/mol. The Morgan fingerprint density at radius 3 is 2.52 bits per heavy atom. The second-order valence-corrected chi connectivity index (χ2v) is 7.27. The Morgan fingerprint density at radius 2 is 1.91 bits per heavy atom. The molecule has 23 heavy (non-hydrogen) atoms. The molecule has 1 aromatic rings. The van der Waals surface area contributed by atoms with Gasteiger partial charge in [0.15, 0.2) is 0 Å². The van der Waals surface area contributed by atoms with Crippen molar-refractivity contribution >= 4 is 34.2 Å². The second kappa shape index (κ2) is 9.20. The van der Waals surface area contributed by atoms with Crippen molar-refractivity contribution in [3.8, 4) is 0 Å². The minimum absolute atomic E-state index is 0.0261. The molecule has 2 rings (SSSR count). The van der Waals surface area contributed by atoms with E-state index in [0.717, 1.165) is 24.3 Å². The van der Waals surface area contributed by atoms with Crippen LogP contribution in [0.2, 0.25) is 0 Å². The number of non-ortho nitro benzene ring substituents is 1. The van der Waals surface area contributed by atoms with Gasteiger partial charge in [-0.05, 0) is 24.3 Å². The summed E-state index contributed by atoms with van der Waals surface area (Å²) in [4.78, 5) is 22.2. The van der Waals surface area contributed by atoms with Gasteiger partial charge in [-0.15, -0.1) is 0 Å². The molecule has 0 spiro atoms. The van der Waals surface area contributed by atoms with Crippen LogP contribution in [0, 0.1) is 16.0 Å². The highest BCUT2D eigenvalue weighted by atomic mass is 127. The molecule has 1 aliphatic carbocycles. The van der Waals surface area contributed by atoms with Gasteiger partial charge in [0.25, 0.3) is 5.69 Å². The van der Waals surface area contributed by atoms with Crippen LogP contribution in [0.25, 0.3) is 0 Å². The first-order valence-electron chi connectivity index (χ1n) is 8.13. The highest BCUT2D eigenvalue weighted by Gasteiger charge is 2.20. The van der Waals surface area contributed by atoms with Crippen molar-refractivity contribution in [3.63, 3.8) is 0 Å². The van der Waals surface area contributed by atoms with Crippen molar-refractivity contribution in [1.82, 2.24) is 0 Å². The Kier molecular flexibility index (Phi) is 7.26. The number of nitro groups is 1. The summed E-state index contributed by atoms with van der Waals surface area (Å²) in [7, 11) is 0. The SMILES string of the molecule is O=C(OCCCC1CCCCC1)C(I)c1ccc([N+](=O)[O-])cc1. The topological polar surface area (TPSA) is 69.4 Å². The number of esters is 1. The molecule has 126 valence electrons. The lowest BCUT2D eigenvalue weighted by atomic mass is 9.86. The number of halogens is 1. The molecule has 0 amide bonds. The number of rotatable bonds is 7. The predicted molar refractivity (Wildman–Crippen MR) is 96.6 cm³/mol. The van der Waals surface area contributed by atoms with Gasteiger partial charge in [-0.3, -0.25) is 14.9 Å². The van der Waals surface area contributed by atoms with Crippen LogP contribution in [0.5, 0.6) is 0 Å². The maximum atomic E-state index is 12.0. The summed E-state index contributed by atoms with van der Waals surface area (Å²) in [6, 6.07) is 6.05. The zero-order chi connectivity index (χ0) is 16.7. The zero-order valence-corrected chi connectivity index (χ0v) is 15.2. The van der Waals surface area contributed by atoms with Gasteiger partial charge in [0, 0.05) is 12.1 Å². The Bertz CT molecular complexity index is 526. The summed E-state index contributed by atoms with van der Waals surface area (Å²) in [6.45, 7) is 0.460. The molecule has 0 bridgehead atoms. The number of carbonyl (C=O) groups is 1. The van der Waals surface area contributed by atoms with Crippen LogP contribution in [0.4, 0.5) is 5.69 Å². The fourth-order valence-corrected chi connectivity index (χ4v) is 3.59. The molecule has 6 heteroatoms. The molecule has 5 nitrogen and oxygen atoms in total. The van der Waals surface area contributed by atoms with Crippen LogP contribution in [0.3, 0.4) is 0 Å². The molecular formula is C17H22INO4. The van der Waals surface area contributed by atoms with Crippen LogP contribution in [0.1, 0.15) is 54.4 Å². The van der Waals surface area contributed by atoms with Crippen LogP contribution < -0.4 is 0 Å². The van der Waals surface area contributed by atoms with Crippen molar-refractivity contribution in [3.05, 3.63) is 39.9 Å². The lowest BCUT2D eigenvalue weighted by Gasteiger charge is -2.21. The molecule has 1 saturated carbocycles. The standard InChI is InChI=1S/C17H22INO4/c18-16(14-8-10-15(11-9-14)19(21)22)17(20)23-12-4-7-13-5-2-1-3-6-13/h8-11,13,16H,1-7,12H2. The van der Waals surface area contributed by atoms with Crippen molar-refractivity contribution in [2.45, 2.75) is 48.9 Å². The number of ether oxygens (including phenoxy) is 1. The van der Waals surface area contributed by atoms with Crippen molar-refractivity contribution in [1.29, 1.82) is 0 Å². The number of nitro benzene ring substituents is 1. The summed E-state index contributed by atoms with van der Waals surface area (Å²) >= 11 is 2.01. The van der Waals surface area contributed by atoms with Crippen molar-refractivity contribution in [2.75, 3.05) is 6.61 Å². The van der Waals surface area contributed by atoms with E-state index in [2.05, 4.69) is 0 Å². The zero-order valence-electron chi connectivity index (χ0n) is 13.1. The van der Waals surface area contributed by atoms with E-state index in [9.17, 15) is 14.9 Å². The summed E-state index contributed by atoms with van der Waals surface area (Å²) in [6.07, 6.45) is 8.70. The smallest absolute Gasteiger partial charge is 0.323 e. The maximum Gasteiger partial charge on any atom is 0.323 e. The van der Waals surface area contributed by atoms with Crippen LogP contribution in [-0.2, 0) is 9.53 Å².